The van der Waals surface area contributed by atoms with Crippen molar-refractivity contribution in [1.29, 1.82) is 0 Å². The molecule has 0 heterocycles. The molecule has 0 radical (unpaired) electrons. The monoisotopic (exact) mass is 164 g/mol. The lowest BCUT2D eigenvalue weighted by molar-refractivity contribution is 0.192. The molecule has 0 heteroatoms. The van der Waals surface area contributed by atoms with Crippen molar-refractivity contribution in [2.24, 2.45) is 23.7 Å². The lowest BCUT2D eigenvalue weighted by Crippen LogP contribution is -2.26. The summed E-state index contributed by atoms with van der Waals surface area (Å²) in [5, 5.41) is 0. The molecule has 1 rings (SSSR count). The Bertz CT molecular complexity index is 149. The van der Waals surface area contributed by atoms with Crippen molar-refractivity contribution < 1.29 is 0 Å². The molecule has 1 aliphatic rings. The van der Waals surface area contributed by atoms with E-state index < -0.39 is 0 Å². The van der Waals surface area contributed by atoms with Crippen LogP contribution in [0.3, 0.4) is 0 Å². The Kier molecular flexibility index (Phi) is 3.13. The predicted molar refractivity (Wildman–Crippen MR) is 54.9 cm³/mol. The van der Waals surface area contributed by atoms with E-state index in [0.29, 0.717) is 11.8 Å². The standard InChI is InChI=1S/C12H20/c1-5-11-7-9(3)10(4)8-12(11)6-2/h5-6,9-12H,1-2,7-8H2,3-4H3/t9?,10?,11-,12?/m1/s1. The van der Waals surface area contributed by atoms with Crippen molar-refractivity contribution in [1.82, 2.24) is 0 Å². The van der Waals surface area contributed by atoms with Gasteiger partial charge in [0.1, 0.15) is 0 Å². The van der Waals surface area contributed by atoms with Gasteiger partial charge in [-0.2, -0.15) is 0 Å². The van der Waals surface area contributed by atoms with E-state index in [1.165, 1.54) is 12.8 Å². The Morgan fingerprint density at radius 3 is 1.50 bits per heavy atom. The summed E-state index contributed by atoms with van der Waals surface area (Å²) in [5.41, 5.74) is 0. The summed E-state index contributed by atoms with van der Waals surface area (Å²) in [6.45, 7) is 12.5. The van der Waals surface area contributed by atoms with Gasteiger partial charge in [0.2, 0.25) is 0 Å². The van der Waals surface area contributed by atoms with E-state index in [0.717, 1.165) is 11.8 Å². The van der Waals surface area contributed by atoms with Crippen molar-refractivity contribution >= 4 is 0 Å². The SMILES string of the molecule is C=CC1CC(C)C(C)C[C@H]1C=C. The maximum Gasteiger partial charge on any atom is -0.0171 e. The quantitative estimate of drug-likeness (QED) is 0.546. The van der Waals surface area contributed by atoms with Gasteiger partial charge in [0.25, 0.3) is 0 Å². The van der Waals surface area contributed by atoms with Crippen molar-refractivity contribution in [3.05, 3.63) is 25.3 Å². The van der Waals surface area contributed by atoms with E-state index in [1.807, 2.05) is 0 Å². The maximum absolute atomic E-state index is 3.89. The zero-order chi connectivity index (χ0) is 9.14. The third-order valence-electron chi connectivity index (χ3n) is 3.41. The summed E-state index contributed by atoms with van der Waals surface area (Å²) < 4.78 is 0. The van der Waals surface area contributed by atoms with Crippen molar-refractivity contribution in [2.45, 2.75) is 26.7 Å². The van der Waals surface area contributed by atoms with Crippen LogP contribution in [0.25, 0.3) is 0 Å². The molecule has 68 valence electrons. The lowest BCUT2D eigenvalue weighted by Gasteiger charge is -2.36. The average Bonchev–Trinajstić information content (AvgIpc) is 2.09. The molecule has 0 aromatic rings. The largest absolute Gasteiger partial charge is 0.103 e. The fourth-order valence-corrected chi connectivity index (χ4v) is 2.21. The Hall–Kier alpha value is -0.520. The van der Waals surface area contributed by atoms with Crippen molar-refractivity contribution in [2.75, 3.05) is 0 Å². The van der Waals surface area contributed by atoms with Gasteiger partial charge in [-0.1, -0.05) is 26.0 Å². The van der Waals surface area contributed by atoms with Crippen LogP contribution in [0.2, 0.25) is 0 Å². The van der Waals surface area contributed by atoms with Gasteiger partial charge in [0.15, 0.2) is 0 Å². The summed E-state index contributed by atoms with van der Waals surface area (Å²) in [5.74, 6) is 3.05. The second-order valence-corrected chi connectivity index (χ2v) is 4.23. The van der Waals surface area contributed by atoms with Gasteiger partial charge < -0.3 is 0 Å². The van der Waals surface area contributed by atoms with Gasteiger partial charge in [-0.25, -0.2) is 0 Å². The molecule has 0 saturated heterocycles. The highest BCUT2D eigenvalue weighted by Gasteiger charge is 2.28. The highest BCUT2D eigenvalue weighted by Crippen LogP contribution is 2.38. The van der Waals surface area contributed by atoms with Gasteiger partial charge >= 0.3 is 0 Å². The molecule has 1 fully saturated rings. The second-order valence-electron chi connectivity index (χ2n) is 4.23. The van der Waals surface area contributed by atoms with Crippen LogP contribution in [0.15, 0.2) is 25.3 Å². The van der Waals surface area contributed by atoms with Crippen LogP contribution >= 0.6 is 0 Å². The van der Waals surface area contributed by atoms with Gasteiger partial charge in [0.05, 0.1) is 0 Å². The minimum atomic E-state index is 0.675. The topological polar surface area (TPSA) is 0 Å². The van der Waals surface area contributed by atoms with Crippen LogP contribution in [0.1, 0.15) is 26.7 Å². The van der Waals surface area contributed by atoms with Crippen LogP contribution < -0.4 is 0 Å². The third-order valence-corrected chi connectivity index (χ3v) is 3.41. The molecule has 0 amide bonds. The molecular formula is C12H20. The number of rotatable bonds is 2. The molecule has 0 aromatic heterocycles. The van der Waals surface area contributed by atoms with Crippen molar-refractivity contribution in [3.8, 4) is 0 Å². The van der Waals surface area contributed by atoms with Crippen LogP contribution in [-0.2, 0) is 0 Å². The molecule has 0 N–H and O–H groups in total. The Morgan fingerprint density at radius 2 is 1.25 bits per heavy atom. The molecule has 0 aromatic carbocycles. The van der Waals surface area contributed by atoms with Gasteiger partial charge in [-0.3, -0.25) is 0 Å². The molecule has 12 heavy (non-hydrogen) atoms. The highest BCUT2D eigenvalue weighted by atomic mass is 14.3. The van der Waals surface area contributed by atoms with E-state index >= 15 is 0 Å². The zero-order valence-corrected chi connectivity index (χ0v) is 8.29. The lowest BCUT2D eigenvalue weighted by atomic mass is 9.70. The first-order valence-corrected chi connectivity index (χ1v) is 4.94. The Labute approximate surface area is 76.4 Å². The summed E-state index contributed by atoms with van der Waals surface area (Å²) in [6.07, 6.45) is 6.80. The van der Waals surface area contributed by atoms with Crippen molar-refractivity contribution in [3.63, 3.8) is 0 Å². The molecule has 1 saturated carbocycles. The first-order valence-electron chi connectivity index (χ1n) is 4.94. The molecule has 0 aliphatic heterocycles. The Balaban J connectivity index is 2.63. The zero-order valence-electron chi connectivity index (χ0n) is 8.29. The van der Waals surface area contributed by atoms with E-state index in [2.05, 4.69) is 39.2 Å². The normalized spacial score (nSPS) is 42.2. The molecule has 0 spiro atoms. The van der Waals surface area contributed by atoms with Crippen LogP contribution in [0, 0.1) is 23.7 Å². The number of allylic oxidation sites excluding steroid dienone is 2. The predicted octanol–water partition coefficient (Wildman–Crippen LogP) is 3.66. The first-order chi connectivity index (χ1) is 5.69. The summed E-state index contributed by atoms with van der Waals surface area (Å²) in [4.78, 5) is 0. The summed E-state index contributed by atoms with van der Waals surface area (Å²) >= 11 is 0. The van der Waals surface area contributed by atoms with Crippen LogP contribution in [-0.4, -0.2) is 0 Å². The fraction of sp³-hybridized carbons (Fsp3) is 0.667. The molecule has 3 unspecified atom stereocenters. The fourth-order valence-electron chi connectivity index (χ4n) is 2.21. The van der Waals surface area contributed by atoms with Crippen LogP contribution in [0.5, 0.6) is 0 Å². The third kappa shape index (κ3) is 1.80. The van der Waals surface area contributed by atoms with E-state index in [-0.39, 0.29) is 0 Å². The van der Waals surface area contributed by atoms with Gasteiger partial charge in [-0.15, -0.1) is 13.2 Å². The minimum absolute atomic E-state index is 0.675. The number of hydrogen-bond acceptors (Lipinski definition) is 0. The maximum atomic E-state index is 3.89. The molecule has 1 aliphatic carbocycles. The van der Waals surface area contributed by atoms with E-state index in [4.69, 9.17) is 0 Å². The second kappa shape index (κ2) is 3.93. The average molecular weight is 164 g/mol. The summed E-state index contributed by atoms with van der Waals surface area (Å²) in [7, 11) is 0. The first kappa shape index (κ1) is 9.57. The van der Waals surface area contributed by atoms with E-state index in [9.17, 15) is 0 Å². The molecular weight excluding hydrogens is 144 g/mol. The van der Waals surface area contributed by atoms with E-state index in [1.54, 1.807) is 0 Å². The number of hydrogen-bond donors (Lipinski definition) is 0. The highest BCUT2D eigenvalue weighted by molar-refractivity contribution is 4.97. The van der Waals surface area contributed by atoms with Crippen LogP contribution in [0.4, 0.5) is 0 Å². The smallest absolute Gasteiger partial charge is 0.0171 e. The molecule has 4 atom stereocenters. The Morgan fingerprint density at radius 1 is 0.917 bits per heavy atom. The summed E-state index contributed by atoms with van der Waals surface area (Å²) in [6, 6.07) is 0. The van der Waals surface area contributed by atoms with Gasteiger partial charge in [0, 0.05) is 0 Å². The molecule has 0 bridgehead atoms. The minimum Gasteiger partial charge on any atom is -0.103 e. The molecule has 0 nitrogen and oxygen atoms in total. The van der Waals surface area contributed by atoms with Gasteiger partial charge in [-0.05, 0) is 36.5 Å².